The zero-order chi connectivity index (χ0) is 11.1. The number of hydrogen-bond acceptors (Lipinski definition) is 6. The molecule has 0 aliphatic carbocycles. The predicted octanol–water partition coefficient (Wildman–Crippen LogP) is -1.38. The molecule has 15 heavy (non-hydrogen) atoms. The van der Waals surface area contributed by atoms with Crippen LogP contribution in [0.2, 0.25) is 0 Å². The lowest BCUT2D eigenvalue weighted by Crippen LogP contribution is -2.32. The van der Waals surface area contributed by atoms with Crippen LogP contribution in [0.4, 0.5) is 0 Å². The van der Waals surface area contributed by atoms with Crippen LogP contribution in [-0.4, -0.2) is 58.5 Å². The van der Waals surface area contributed by atoms with Gasteiger partial charge in [0.2, 0.25) is 0 Å². The van der Waals surface area contributed by atoms with E-state index in [2.05, 4.69) is 20.3 Å². The van der Waals surface area contributed by atoms with E-state index in [1.807, 2.05) is 0 Å². The van der Waals surface area contributed by atoms with Crippen LogP contribution in [0, 0.1) is 0 Å². The van der Waals surface area contributed by atoms with E-state index in [9.17, 15) is 0 Å². The van der Waals surface area contributed by atoms with Crippen LogP contribution in [0.15, 0.2) is 0 Å². The van der Waals surface area contributed by atoms with E-state index in [1.165, 1.54) is 4.80 Å². The van der Waals surface area contributed by atoms with Crippen LogP contribution < -0.4 is 5.73 Å². The molecule has 1 aromatic rings. The Morgan fingerprint density at radius 2 is 2.27 bits per heavy atom. The number of hydrogen-bond donors (Lipinski definition) is 1. The van der Waals surface area contributed by atoms with Crippen molar-refractivity contribution in [3.8, 4) is 0 Å². The monoisotopic (exact) mass is 214 g/mol. The molecule has 0 aliphatic rings. The molecule has 86 valence electrons. The standard InChI is InChI=1S/C8H18N6O/c1-13-11-8(10-12-13)7-14(4-3-9)5-6-15-2/h3-7,9H2,1-2H3. The topological polar surface area (TPSA) is 82.1 Å². The Bertz CT molecular complexity index is 276. The molecule has 1 heterocycles. The molecule has 1 aromatic heterocycles. The fraction of sp³-hybridized carbons (Fsp3) is 0.875. The van der Waals surface area contributed by atoms with E-state index in [0.717, 1.165) is 13.1 Å². The Hall–Kier alpha value is -1.05. The van der Waals surface area contributed by atoms with Gasteiger partial charge in [0.15, 0.2) is 5.82 Å². The van der Waals surface area contributed by atoms with Crippen molar-refractivity contribution in [1.82, 2.24) is 25.1 Å². The number of aromatic nitrogens is 4. The molecule has 0 spiro atoms. The van der Waals surface area contributed by atoms with E-state index < -0.39 is 0 Å². The van der Waals surface area contributed by atoms with Crippen LogP contribution in [0.25, 0.3) is 0 Å². The number of aryl methyl sites for hydroxylation is 1. The van der Waals surface area contributed by atoms with Gasteiger partial charge in [0.1, 0.15) is 0 Å². The summed E-state index contributed by atoms with van der Waals surface area (Å²) in [5, 5.41) is 11.8. The molecule has 0 fully saturated rings. The second-order valence-electron chi connectivity index (χ2n) is 3.25. The second-order valence-corrected chi connectivity index (χ2v) is 3.25. The minimum Gasteiger partial charge on any atom is -0.383 e. The number of nitrogens with zero attached hydrogens (tertiary/aromatic N) is 5. The van der Waals surface area contributed by atoms with Gasteiger partial charge in [-0.3, -0.25) is 4.90 Å². The van der Waals surface area contributed by atoms with Gasteiger partial charge in [-0.25, -0.2) is 0 Å². The van der Waals surface area contributed by atoms with E-state index in [1.54, 1.807) is 14.2 Å². The summed E-state index contributed by atoms with van der Waals surface area (Å²) in [5.74, 6) is 0.710. The van der Waals surface area contributed by atoms with E-state index in [-0.39, 0.29) is 0 Å². The maximum Gasteiger partial charge on any atom is 0.188 e. The summed E-state index contributed by atoms with van der Waals surface area (Å²) in [6.07, 6.45) is 0. The summed E-state index contributed by atoms with van der Waals surface area (Å²) in [6, 6.07) is 0. The highest BCUT2D eigenvalue weighted by molar-refractivity contribution is 4.77. The lowest BCUT2D eigenvalue weighted by atomic mass is 10.4. The lowest BCUT2D eigenvalue weighted by Gasteiger charge is -2.18. The molecular formula is C8H18N6O. The van der Waals surface area contributed by atoms with Crippen molar-refractivity contribution in [2.45, 2.75) is 6.54 Å². The molecule has 0 aromatic carbocycles. The highest BCUT2D eigenvalue weighted by atomic mass is 16.5. The van der Waals surface area contributed by atoms with Crippen LogP contribution in [0.1, 0.15) is 5.82 Å². The first kappa shape index (κ1) is 12.0. The minimum absolute atomic E-state index is 0.615. The van der Waals surface area contributed by atoms with Gasteiger partial charge in [0.25, 0.3) is 0 Å². The largest absolute Gasteiger partial charge is 0.383 e. The summed E-state index contributed by atoms with van der Waals surface area (Å²) in [6.45, 7) is 3.59. The van der Waals surface area contributed by atoms with Gasteiger partial charge in [-0.05, 0) is 5.21 Å². The van der Waals surface area contributed by atoms with Crippen molar-refractivity contribution in [3.63, 3.8) is 0 Å². The van der Waals surface area contributed by atoms with Gasteiger partial charge in [0.05, 0.1) is 20.2 Å². The van der Waals surface area contributed by atoms with Gasteiger partial charge in [-0.2, -0.15) is 4.80 Å². The maximum atomic E-state index is 5.52. The maximum absolute atomic E-state index is 5.52. The highest BCUT2D eigenvalue weighted by Crippen LogP contribution is 1.96. The summed E-state index contributed by atoms with van der Waals surface area (Å²) in [7, 11) is 3.43. The number of rotatable bonds is 7. The third-order valence-corrected chi connectivity index (χ3v) is 1.97. The lowest BCUT2D eigenvalue weighted by molar-refractivity contribution is 0.144. The molecule has 7 heteroatoms. The van der Waals surface area contributed by atoms with Crippen LogP contribution in [0.5, 0.6) is 0 Å². The molecule has 2 N–H and O–H groups in total. The van der Waals surface area contributed by atoms with Gasteiger partial charge >= 0.3 is 0 Å². The first-order valence-electron chi connectivity index (χ1n) is 4.90. The zero-order valence-corrected chi connectivity index (χ0v) is 9.26. The fourth-order valence-electron chi connectivity index (χ4n) is 1.26. The average Bonchev–Trinajstić information content (AvgIpc) is 2.61. The predicted molar refractivity (Wildman–Crippen MR) is 55.0 cm³/mol. The molecule has 0 radical (unpaired) electrons. The third-order valence-electron chi connectivity index (χ3n) is 1.97. The molecule has 0 unspecified atom stereocenters. The van der Waals surface area contributed by atoms with Gasteiger partial charge in [-0.15, -0.1) is 10.2 Å². The van der Waals surface area contributed by atoms with Gasteiger partial charge < -0.3 is 10.5 Å². The number of methoxy groups -OCH3 is 1. The summed E-state index contributed by atoms with van der Waals surface area (Å²) in [5.41, 5.74) is 5.52. The van der Waals surface area contributed by atoms with Crippen molar-refractivity contribution in [3.05, 3.63) is 5.82 Å². The Kier molecular flexibility index (Phi) is 5.16. The first-order chi connectivity index (χ1) is 7.26. The molecule has 0 aliphatic heterocycles. The van der Waals surface area contributed by atoms with Crippen LogP contribution in [-0.2, 0) is 18.3 Å². The van der Waals surface area contributed by atoms with Crippen molar-refractivity contribution in [1.29, 1.82) is 0 Å². The van der Waals surface area contributed by atoms with Crippen molar-refractivity contribution in [2.75, 3.05) is 33.4 Å². The minimum atomic E-state index is 0.615. The molecule has 1 rings (SSSR count). The first-order valence-corrected chi connectivity index (χ1v) is 4.90. The number of nitrogens with two attached hydrogens (primary N) is 1. The number of tetrazole rings is 1. The molecular weight excluding hydrogens is 196 g/mol. The average molecular weight is 214 g/mol. The Balaban J connectivity index is 2.42. The van der Waals surface area contributed by atoms with Crippen molar-refractivity contribution in [2.24, 2.45) is 12.8 Å². The zero-order valence-electron chi connectivity index (χ0n) is 9.26. The Labute approximate surface area is 89.2 Å². The molecule has 0 saturated heterocycles. The van der Waals surface area contributed by atoms with E-state index in [0.29, 0.717) is 25.5 Å². The van der Waals surface area contributed by atoms with E-state index in [4.69, 9.17) is 10.5 Å². The van der Waals surface area contributed by atoms with Crippen molar-refractivity contribution >= 4 is 0 Å². The highest BCUT2D eigenvalue weighted by Gasteiger charge is 2.08. The summed E-state index contributed by atoms with van der Waals surface area (Å²) >= 11 is 0. The van der Waals surface area contributed by atoms with Crippen molar-refractivity contribution < 1.29 is 4.74 Å². The van der Waals surface area contributed by atoms with Gasteiger partial charge in [0, 0.05) is 26.7 Å². The normalized spacial score (nSPS) is 11.2. The quantitative estimate of drug-likeness (QED) is 0.602. The van der Waals surface area contributed by atoms with Gasteiger partial charge in [-0.1, -0.05) is 0 Å². The molecule has 0 bridgehead atoms. The molecule has 0 amide bonds. The molecule has 0 atom stereocenters. The second kappa shape index (κ2) is 6.44. The van der Waals surface area contributed by atoms with E-state index >= 15 is 0 Å². The smallest absolute Gasteiger partial charge is 0.188 e. The summed E-state index contributed by atoms with van der Waals surface area (Å²) in [4.78, 5) is 3.59. The summed E-state index contributed by atoms with van der Waals surface area (Å²) < 4.78 is 5.02. The van der Waals surface area contributed by atoms with Crippen LogP contribution in [0.3, 0.4) is 0 Å². The Morgan fingerprint density at radius 3 is 2.80 bits per heavy atom. The molecule has 7 nitrogen and oxygen atoms in total. The molecule has 0 saturated carbocycles. The fourth-order valence-corrected chi connectivity index (χ4v) is 1.26. The Morgan fingerprint density at radius 1 is 1.47 bits per heavy atom. The van der Waals surface area contributed by atoms with Crippen LogP contribution >= 0.6 is 0 Å². The number of ether oxygens (including phenoxy) is 1. The SMILES string of the molecule is COCCN(CCN)Cc1nnn(C)n1. The third kappa shape index (κ3) is 4.32.